The first-order valence-electron chi connectivity index (χ1n) is 5.40. The summed E-state index contributed by atoms with van der Waals surface area (Å²) in [5, 5.41) is 0.148. The summed E-state index contributed by atoms with van der Waals surface area (Å²) in [6.45, 7) is 1.31. The molecule has 0 spiro atoms. The lowest BCUT2D eigenvalue weighted by molar-refractivity contribution is 0.0382. The summed E-state index contributed by atoms with van der Waals surface area (Å²) < 4.78 is 18.6. The number of hydrogen-bond donors (Lipinski definition) is 1. The van der Waals surface area contributed by atoms with Crippen LogP contribution in [-0.2, 0) is 11.2 Å². The maximum absolute atomic E-state index is 13.3. The van der Waals surface area contributed by atoms with E-state index >= 15 is 0 Å². The average Bonchev–Trinajstić information content (AvgIpc) is 2.24. The Bertz CT molecular complexity index is 377. The molecular formula is C12H15ClFNO. The number of benzene rings is 1. The summed E-state index contributed by atoms with van der Waals surface area (Å²) in [5.41, 5.74) is 6.71. The number of hydrogen-bond acceptors (Lipinski definition) is 2. The van der Waals surface area contributed by atoms with Gasteiger partial charge in [0.05, 0.1) is 11.6 Å². The predicted molar refractivity (Wildman–Crippen MR) is 62.1 cm³/mol. The lowest BCUT2D eigenvalue weighted by atomic mass is 9.87. The number of nitrogens with two attached hydrogens (primary N) is 1. The third-order valence-electron chi connectivity index (χ3n) is 2.89. The van der Waals surface area contributed by atoms with Crippen molar-refractivity contribution in [2.45, 2.75) is 24.8 Å². The van der Waals surface area contributed by atoms with Crippen molar-refractivity contribution in [2.24, 2.45) is 5.73 Å². The molecule has 1 aromatic carbocycles. The van der Waals surface area contributed by atoms with Crippen LogP contribution in [0.25, 0.3) is 0 Å². The van der Waals surface area contributed by atoms with Crippen molar-refractivity contribution in [1.82, 2.24) is 0 Å². The second kappa shape index (κ2) is 4.70. The van der Waals surface area contributed by atoms with Gasteiger partial charge >= 0.3 is 0 Å². The van der Waals surface area contributed by atoms with E-state index in [0.29, 0.717) is 13.0 Å². The van der Waals surface area contributed by atoms with Crippen molar-refractivity contribution in [3.63, 3.8) is 0 Å². The minimum atomic E-state index is -0.389. The normalized spacial score (nSPS) is 25.7. The lowest BCUT2D eigenvalue weighted by Crippen LogP contribution is -2.49. The zero-order valence-corrected chi connectivity index (χ0v) is 9.77. The van der Waals surface area contributed by atoms with E-state index in [0.717, 1.165) is 25.0 Å². The van der Waals surface area contributed by atoms with Gasteiger partial charge in [-0.1, -0.05) is 17.7 Å². The molecule has 1 aliphatic heterocycles. The summed E-state index contributed by atoms with van der Waals surface area (Å²) in [5.74, 6) is -0.389. The maximum Gasteiger partial charge on any atom is 0.142 e. The van der Waals surface area contributed by atoms with Crippen LogP contribution >= 0.6 is 11.6 Å². The van der Waals surface area contributed by atoms with E-state index in [-0.39, 0.29) is 16.4 Å². The van der Waals surface area contributed by atoms with Crippen LogP contribution < -0.4 is 5.73 Å². The Hall–Kier alpha value is -0.640. The van der Waals surface area contributed by atoms with Gasteiger partial charge in [0.15, 0.2) is 0 Å². The van der Waals surface area contributed by atoms with Gasteiger partial charge in [-0.25, -0.2) is 4.39 Å². The van der Waals surface area contributed by atoms with Gasteiger partial charge in [-0.2, -0.15) is 0 Å². The summed E-state index contributed by atoms with van der Waals surface area (Å²) in [6.07, 6.45) is 2.50. The molecule has 1 heterocycles. The highest BCUT2D eigenvalue weighted by Gasteiger charge is 2.28. The monoisotopic (exact) mass is 243 g/mol. The first kappa shape index (κ1) is 11.8. The summed E-state index contributed by atoms with van der Waals surface area (Å²) in [7, 11) is 0. The number of rotatable bonds is 2. The zero-order valence-electron chi connectivity index (χ0n) is 9.01. The maximum atomic E-state index is 13.3. The molecule has 0 saturated carbocycles. The molecule has 0 aromatic heterocycles. The minimum absolute atomic E-state index is 0.148. The Balaban J connectivity index is 2.10. The molecule has 1 aliphatic rings. The summed E-state index contributed by atoms with van der Waals surface area (Å²) >= 11 is 5.63. The molecule has 88 valence electrons. The van der Waals surface area contributed by atoms with Crippen LogP contribution in [0.4, 0.5) is 4.39 Å². The van der Waals surface area contributed by atoms with Crippen molar-refractivity contribution in [3.8, 4) is 0 Å². The second-order valence-electron chi connectivity index (χ2n) is 4.44. The summed E-state index contributed by atoms with van der Waals surface area (Å²) in [4.78, 5) is 0. The van der Waals surface area contributed by atoms with Crippen LogP contribution in [0.15, 0.2) is 18.2 Å². The van der Waals surface area contributed by atoms with Crippen LogP contribution in [0.1, 0.15) is 18.4 Å². The molecular weight excluding hydrogens is 229 g/mol. The van der Waals surface area contributed by atoms with Crippen molar-refractivity contribution >= 4 is 11.6 Å². The fourth-order valence-electron chi connectivity index (χ4n) is 2.07. The quantitative estimate of drug-likeness (QED) is 0.866. The standard InChI is InChI=1S/C12H15ClFNO/c13-10-3-2-9(6-11(10)14)7-12(15)4-1-5-16-8-12/h2-3,6H,1,4-5,7-8,15H2. The highest BCUT2D eigenvalue weighted by Crippen LogP contribution is 2.23. The Morgan fingerprint density at radius 3 is 2.94 bits per heavy atom. The van der Waals surface area contributed by atoms with E-state index in [9.17, 15) is 4.39 Å². The number of halogens is 2. The molecule has 0 bridgehead atoms. The Kier molecular flexibility index (Phi) is 3.47. The molecule has 1 atom stereocenters. The Morgan fingerprint density at radius 1 is 1.50 bits per heavy atom. The molecule has 1 unspecified atom stereocenters. The Labute approximate surface area is 99.5 Å². The van der Waals surface area contributed by atoms with Crippen LogP contribution in [-0.4, -0.2) is 18.8 Å². The van der Waals surface area contributed by atoms with Gasteiger partial charge in [-0.15, -0.1) is 0 Å². The van der Waals surface area contributed by atoms with Gasteiger partial charge < -0.3 is 10.5 Å². The van der Waals surface area contributed by atoms with E-state index in [1.165, 1.54) is 6.07 Å². The number of ether oxygens (including phenoxy) is 1. The zero-order chi connectivity index (χ0) is 11.6. The van der Waals surface area contributed by atoms with Gasteiger partial charge in [0.25, 0.3) is 0 Å². The van der Waals surface area contributed by atoms with Crippen LogP contribution in [0.5, 0.6) is 0 Å². The molecule has 4 heteroatoms. The second-order valence-corrected chi connectivity index (χ2v) is 4.85. The van der Waals surface area contributed by atoms with E-state index in [1.807, 2.05) is 6.07 Å². The highest BCUT2D eigenvalue weighted by molar-refractivity contribution is 6.30. The van der Waals surface area contributed by atoms with Gasteiger partial charge in [0, 0.05) is 12.1 Å². The van der Waals surface area contributed by atoms with E-state index < -0.39 is 0 Å². The smallest absolute Gasteiger partial charge is 0.142 e. The molecule has 16 heavy (non-hydrogen) atoms. The van der Waals surface area contributed by atoms with Crippen LogP contribution in [0.2, 0.25) is 5.02 Å². The van der Waals surface area contributed by atoms with Crippen LogP contribution in [0, 0.1) is 5.82 Å². The summed E-state index contributed by atoms with van der Waals surface area (Å²) in [6, 6.07) is 4.83. The van der Waals surface area contributed by atoms with Crippen molar-refractivity contribution in [1.29, 1.82) is 0 Å². The first-order chi connectivity index (χ1) is 7.59. The predicted octanol–water partition coefficient (Wildman–Crippen LogP) is 2.53. The fraction of sp³-hybridized carbons (Fsp3) is 0.500. The van der Waals surface area contributed by atoms with Gasteiger partial charge in [0.1, 0.15) is 5.82 Å². The van der Waals surface area contributed by atoms with Crippen molar-refractivity contribution in [2.75, 3.05) is 13.2 Å². The molecule has 1 saturated heterocycles. The minimum Gasteiger partial charge on any atom is -0.380 e. The van der Waals surface area contributed by atoms with Crippen molar-refractivity contribution < 1.29 is 9.13 Å². The van der Waals surface area contributed by atoms with E-state index in [2.05, 4.69) is 0 Å². The molecule has 1 fully saturated rings. The molecule has 2 nitrogen and oxygen atoms in total. The third kappa shape index (κ3) is 2.73. The molecule has 1 aromatic rings. The highest BCUT2D eigenvalue weighted by atomic mass is 35.5. The molecule has 0 aliphatic carbocycles. The van der Waals surface area contributed by atoms with Gasteiger partial charge in [-0.3, -0.25) is 0 Å². The first-order valence-corrected chi connectivity index (χ1v) is 5.77. The molecule has 2 N–H and O–H groups in total. The SMILES string of the molecule is NC1(Cc2ccc(Cl)c(F)c2)CCCOC1. The molecule has 0 amide bonds. The van der Waals surface area contributed by atoms with Gasteiger partial charge in [0.2, 0.25) is 0 Å². The van der Waals surface area contributed by atoms with Gasteiger partial charge in [-0.05, 0) is 37.0 Å². The lowest BCUT2D eigenvalue weighted by Gasteiger charge is -2.33. The topological polar surface area (TPSA) is 35.2 Å². The van der Waals surface area contributed by atoms with Crippen LogP contribution in [0.3, 0.4) is 0 Å². The van der Waals surface area contributed by atoms with E-state index in [1.54, 1.807) is 6.07 Å². The molecule has 2 rings (SSSR count). The van der Waals surface area contributed by atoms with Crippen molar-refractivity contribution in [3.05, 3.63) is 34.6 Å². The Morgan fingerprint density at radius 2 is 2.31 bits per heavy atom. The van der Waals surface area contributed by atoms with E-state index in [4.69, 9.17) is 22.1 Å². The third-order valence-corrected chi connectivity index (χ3v) is 3.20. The largest absolute Gasteiger partial charge is 0.380 e. The average molecular weight is 244 g/mol. The molecule has 0 radical (unpaired) electrons. The fourth-order valence-corrected chi connectivity index (χ4v) is 2.19.